The van der Waals surface area contributed by atoms with Gasteiger partial charge in [0.05, 0.1) is 31.2 Å². The number of nitrogens with one attached hydrogen (secondary N) is 1. The Morgan fingerprint density at radius 2 is 1.82 bits per heavy atom. The zero-order chi connectivity index (χ0) is 35.9. The summed E-state index contributed by atoms with van der Waals surface area (Å²) in [5.74, 6) is -2.26. The molecule has 2 fully saturated rings. The molecule has 1 saturated heterocycles. The molecule has 16 heteroatoms. The molecule has 1 aliphatic heterocycles. The molecule has 3 aromatic rings. The Morgan fingerprint density at radius 3 is 2.43 bits per heavy atom. The van der Waals surface area contributed by atoms with Gasteiger partial charge in [-0.05, 0) is 76.5 Å². The largest absolute Gasteiger partial charge is 0.468 e. The highest BCUT2D eigenvalue weighted by molar-refractivity contribution is 6.10. The third kappa shape index (κ3) is 7.27. The number of nitrogens with zero attached hydrogens (tertiary/aromatic N) is 6. The molecule has 0 bridgehead atoms. The first-order valence-corrected chi connectivity index (χ1v) is 16.4. The molecule has 1 N–H and O–H groups in total. The van der Waals surface area contributed by atoms with E-state index >= 15 is 0 Å². The van der Waals surface area contributed by atoms with Crippen LogP contribution in [-0.2, 0) is 32.0 Å². The molecule has 0 radical (unpaired) electrons. The minimum absolute atomic E-state index is 0.0233. The summed E-state index contributed by atoms with van der Waals surface area (Å²) in [6, 6.07) is 0.0695. The second-order valence-corrected chi connectivity index (χ2v) is 14.0. The van der Waals surface area contributed by atoms with Gasteiger partial charge in [0, 0.05) is 19.2 Å². The number of imidazole rings is 1. The quantitative estimate of drug-likeness (QED) is 0.253. The lowest BCUT2D eigenvalue weighted by molar-refractivity contribution is -0.177. The van der Waals surface area contributed by atoms with Gasteiger partial charge in [-0.1, -0.05) is 19.8 Å². The Morgan fingerprint density at radius 1 is 1.12 bits per heavy atom. The number of methoxy groups -OCH3 is 1. The number of carbonyl (C=O) groups excluding carboxylic acids is 4. The Balaban J connectivity index is 1.49. The summed E-state index contributed by atoms with van der Waals surface area (Å²) >= 11 is 0. The first-order valence-electron chi connectivity index (χ1n) is 16.4. The van der Waals surface area contributed by atoms with E-state index < -0.39 is 60.1 Å². The Hall–Kier alpha value is -4.50. The molecule has 1 saturated carbocycles. The summed E-state index contributed by atoms with van der Waals surface area (Å²) < 4.78 is 55.9. The van der Waals surface area contributed by atoms with E-state index in [9.17, 15) is 32.3 Å². The van der Waals surface area contributed by atoms with E-state index in [1.54, 1.807) is 23.1 Å². The summed E-state index contributed by atoms with van der Waals surface area (Å²) in [7, 11) is 0.965. The lowest BCUT2D eigenvalue weighted by Crippen LogP contribution is -2.50. The molecule has 1 aliphatic carbocycles. The van der Waals surface area contributed by atoms with Crippen LogP contribution < -0.4 is 5.32 Å². The van der Waals surface area contributed by atoms with Crippen molar-refractivity contribution in [3.8, 4) is 0 Å². The molecular formula is C33H42F3N7O6. The van der Waals surface area contributed by atoms with Gasteiger partial charge >= 0.3 is 18.2 Å². The number of amides is 3. The summed E-state index contributed by atoms with van der Waals surface area (Å²) in [6.45, 7) is 8.94. The van der Waals surface area contributed by atoms with Crippen LogP contribution in [0.1, 0.15) is 94.5 Å². The van der Waals surface area contributed by atoms with Gasteiger partial charge in [-0.3, -0.25) is 19.1 Å². The van der Waals surface area contributed by atoms with Crippen molar-refractivity contribution in [3.63, 3.8) is 0 Å². The van der Waals surface area contributed by atoms with Crippen LogP contribution in [0.5, 0.6) is 0 Å². The summed E-state index contributed by atoms with van der Waals surface area (Å²) in [5.41, 5.74) is -2.15. The molecular weight excluding hydrogens is 647 g/mol. The maximum Gasteiger partial charge on any atom is 0.417 e. The van der Waals surface area contributed by atoms with E-state index in [-0.39, 0.29) is 27.9 Å². The number of aryl methyl sites for hydroxylation is 1. The maximum absolute atomic E-state index is 14.3. The van der Waals surface area contributed by atoms with Crippen LogP contribution >= 0.6 is 0 Å². The fourth-order valence-corrected chi connectivity index (χ4v) is 6.82. The van der Waals surface area contributed by atoms with Crippen LogP contribution in [0.15, 0.2) is 30.7 Å². The number of rotatable bonds is 8. The van der Waals surface area contributed by atoms with Crippen molar-refractivity contribution in [1.82, 2.24) is 34.6 Å². The topological polar surface area (TPSA) is 150 Å². The molecule has 3 amide bonds. The number of hydrogen-bond donors (Lipinski definition) is 1. The molecule has 49 heavy (non-hydrogen) atoms. The van der Waals surface area contributed by atoms with Gasteiger partial charge in [0.1, 0.15) is 17.3 Å². The summed E-state index contributed by atoms with van der Waals surface area (Å²) in [4.78, 5) is 58.1. The zero-order valence-electron chi connectivity index (χ0n) is 28.4. The number of fused-ring (bicyclic) bond motifs is 1. The highest BCUT2D eigenvalue weighted by atomic mass is 19.4. The van der Waals surface area contributed by atoms with Crippen molar-refractivity contribution >= 4 is 29.5 Å². The number of ether oxygens (including phenoxy) is 2. The smallest absolute Gasteiger partial charge is 0.417 e. The van der Waals surface area contributed by atoms with E-state index in [0.717, 1.165) is 32.8 Å². The van der Waals surface area contributed by atoms with E-state index in [4.69, 9.17) is 14.5 Å². The van der Waals surface area contributed by atoms with E-state index in [2.05, 4.69) is 22.4 Å². The minimum Gasteiger partial charge on any atom is -0.468 e. The number of carbonyl (C=O) groups is 4. The third-order valence-electron chi connectivity index (χ3n) is 9.31. The first kappa shape index (κ1) is 35.8. The summed E-state index contributed by atoms with van der Waals surface area (Å²) in [6.07, 6.45) is 0.111. The van der Waals surface area contributed by atoms with Crippen LogP contribution in [0, 0.1) is 17.3 Å². The SMILES string of the molecule is CCn1nccc1C(=O)N[C@H](c1cn2ncc(CC3(C(=O)OC)C[C@@H](C(F)(F)F)N(C(=O)OC(C)(C)C)C3=O)cc2n1)C1CCC(C)CC1. The third-order valence-corrected chi connectivity index (χ3v) is 9.31. The number of esters is 1. The summed E-state index contributed by atoms with van der Waals surface area (Å²) in [5, 5.41) is 11.7. The average Bonchev–Trinajstić information content (AvgIpc) is 3.75. The monoisotopic (exact) mass is 689 g/mol. The lowest BCUT2D eigenvalue weighted by Gasteiger charge is -2.32. The Labute approximate surface area is 281 Å². The molecule has 2 aliphatic rings. The van der Waals surface area contributed by atoms with E-state index in [1.807, 2.05) is 6.92 Å². The molecule has 13 nitrogen and oxygen atoms in total. The predicted octanol–water partition coefficient (Wildman–Crippen LogP) is 5.04. The molecule has 0 spiro atoms. The number of imide groups is 1. The van der Waals surface area contributed by atoms with Crippen molar-refractivity contribution in [2.75, 3.05) is 7.11 Å². The fourth-order valence-electron chi connectivity index (χ4n) is 6.82. The molecule has 3 atom stereocenters. The Kier molecular flexibility index (Phi) is 9.81. The van der Waals surface area contributed by atoms with Gasteiger partial charge < -0.3 is 14.8 Å². The minimum atomic E-state index is -5.05. The molecule has 1 unspecified atom stereocenters. The number of aromatic nitrogens is 5. The molecule has 3 aromatic heterocycles. The number of alkyl halides is 3. The van der Waals surface area contributed by atoms with Crippen LogP contribution in [-0.4, -0.2) is 78.1 Å². The van der Waals surface area contributed by atoms with Gasteiger partial charge in [0.25, 0.3) is 5.91 Å². The molecule has 5 rings (SSSR count). The Bertz CT molecular complexity index is 1720. The highest BCUT2D eigenvalue weighted by Crippen LogP contribution is 2.46. The van der Waals surface area contributed by atoms with Gasteiger partial charge in [-0.2, -0.15) is 23.4 Å². The fraction of sp³-hybridized carbons (Fsp3) is 0.606. The molecule has 4 heterocycles. The maximum atomic E-state index is 14.3. The number of hydrogen-bond acceptors (Lipinski definition) is 9. The van der Waals surface area contributed by atoms with Gasteiger partial charge in [-0.25, -0.2) is 19.2 Å². The van der Waals surface area contributed by atoms with Gasteiger partial charge in [0.2, 0.25) is 5.91 Å². The zero-order valence-corrected chi connectivity index (χ0v) is 28.4. The predicted molar refractivity (Wildman–Crippen MR) is 168 cm³/mol. The first-order chi connectivity index (χ1) is 23.0. The van der Waals surface area contributed by atoms with E-state index in [0.29, 0.717) is 23.9 Å². The van der Waals surface area contributed by atoms with Crippen molar-refractivity contribution in [1.29, 1.82) is 0 Å². The molecule has 0 aromatic carbocycles. The van der Waals surface area contributed by atoms with Gasteiger partial charge in [0.15, 0.2) is 11.1 Å². The van der Waals surface area contributed by atoms with Crippen LogP contribution in [0.25, 0.3) is 5.65 Å². The molecule has 266 valence electrons. The standard InChI is InChI=1S/C33H42F3N7O6/c1-7-41-23(12-13-37-41)27(44)40-26(21-10-8-19(2)9-11-21)22-18-42-25(39-22)14-20(17-38-42)15-32(29(46)48-6)16-24(33(34,35)36)43(28(32)45)30(47)49-31(3,4)5/h12-14,17-19,21,24,26H,7-11,15-16H2,1-6H3,(H,40,44)/t19?,21?,24-,26-,32?/m0/s1. The van der Waals surface area contributed by atoms with Crippen molar-refractivity contribution in [2.45, 2.75) is 104 Å². The number of halogens is 3. The van der Waals surface area contributed by atoms with Crippen molar-refractivity contribution in [2.24, 2.45) is 17.3 Å². The second kappa shape index (κ2) is 13.4. The van der Waals surface area contributed by atoms with Crippen molar-refractivity contribution < 1.29 is 41.8 Å². The van der Waals surface area contributed by atoms with Gasteiger partial charge in [-0.15, -0.1) is 0 Å². The van der Waals surface area contributed by atoms with Crippen LogP contribution in [0.4, 0.5) is 18.0 Å². The van der Waals surface area contributed by atoms with Crippen LogP contribution in [0.3, 0.4) is 0 Å². The number of likely N-dealkylation sites (tertiary alicyclic amines) is 1. The second-order valence-electron chi connectivity index (χ2n) is 14.0. The van der Waals surface area contributed by atoms with Crippen molar-refractivity contribution in [3.05, 3.63) is 47.7 Å². The van der Waals surface area contributed by atoms with E-state index in [1.165, 1.54) is 37.5 Å². The normalized spacial score (nSPS) is 23.8. The highest BCUT2D eigenvalue weighted by Gasteiger charge is 2.66. The van der Waals surface area contributed by atoms with Crippen LogP contribution in [0.2, 0.25) is 0 Å². The lowest BCUT2D eigenvalue weighted by atomic mass is 9.78. The average molecular weight is 690 g/mol.